The van der Waals surface area contributed by atoms with E-state index in [1.807, 2.05) is 32.6 Å². The second kappa shape index (κ2) is 14.6. The molecule has 204 valence electrons. The number of rotatable bonds is 13. The second-order valence-electron chi connectivity index (χ2n) is 11.0. The third-order valence-corrected chi connectivity index (χ3v) is 7.68. The van der Waals surface area contributed by atoms with Crippen LogP contribution in [-0.2, 0) is 19.1 Å². The Balaban J connectivity index is 2.03. The first-order valence-corrected chi connectivity index (χ1v) is 13.8. The molecule has 36 heavy (non-hydrogen) atoms. The number of carbonyl (C=O) groups is 3. The van der Waals surface area contributed by atoms with Crippen LogP contribution in [0.5, 0.6) is 0 Å². The molecule has 0 radical (unpaired) electrons. The van der Waals surface area contributed by atoms with E-state index in [2.05, 4.69) is 24.0 Å². The maximum Gasteiger partial charge on any atom is 0.225 e. The number of carbonyl (C=O) groups excluding carboxylic acids is 3. The molecule has 1 fully saturated rings. The standard InChI is InChI=1S/C29H49N3O4/c1-8-21(4)28(31(6)26(33)17-20(2)3)25(36-7)19-27(34)32-16-12-15-24(32)18-22(5)29(35)30-23-13-10-9-11-14-23/h9-10,20,22-25,28H,4,8,11-19H2,1-3,5-7H3,(H,30,35)/t22-,23?,24+,25-,28+/m1/s1. The molecule has 5 atom stereocenters. The first-order valence-electron chi connectivity index (χ1n) is 13.8. The molecule has 0 aromatic rings. The number of nitrogens with zero attached hydrogens (tertiary/aromatic N) is 2. The Morgan fingerprint density at radius 2 is 1.89 bits per heavy atom. The molecule has 0 aromatic heterocycles. The lowest BCUT2D eigenvalue weighted by Gasteiger charge is -2.36. The van der Waals surface area contributed by atoms with Gasteiger partial charge in [0.1, 0.15) is 0 Å². The van der Waals surface area contributed by atoms with Crippen LogP contribution >= 0.6 is 0 Å². The van der Waals surface area contributed by atoms with Crippen molar-refractivity contribution in [3.63, 3.8) is 0 Å². The van der Waals surface area contributed by atoms with Gasteiger partial charge >= 0.3 is 0 Å². The lowest BCUT2D eigenvalue weighted by Crippen LogP contribution is -2.49. The van der Waals surface area contributed by atoms with Crippen LogP contribution in [0.15, 0.2) is 24.3 Å². The predicted octanol–water partition coefficient (Wildman–Crippen LogP) is 4.47. The Labute approximate surface area is 218 Å². The van der Waals surface area contributed by atoms with Crippen LogP contribution in [0.2, 0.25) is 0 Å². The van der Waals surface area contributed by atoms with E-state index in [1.54, 1.807) is 19.1 Å². The zero-order valence-electron chi connectivity index (χ0n) is 23.4. The molecule has 0 spiro atoms. The van der Waals surface area contributed by atoms with E-state index in [0.717, 1.165) is 37.7 Å². The van der Waals surface area contributed by atoms with Gasteiger partial charge in [0.15, 0.2) is 0 Å². The van der Waals surface area contributed by atoms with E-state index in [1.165, 1.54) is 0 Å². The average molecular weight is 504 g/mol. The predicted molar refractivity (Wildman–Crippen MR) is 144 cm³/mol. The number of methoxy groups -OCH3 is 1. The molecule has 7 nitrogen and oxygen atoms in total. The largest absolute Gasteiger partial charge is 0.378 e. The van der Waals surface area contributed by atoms with Crippen molar-refractivity contribution in [1.82, 2.24) is 15.1 Å². The van der Waals surface area contributed by atoms with Gasteiger partial charge in [0, 0.05) is 45.1 Å². The van der Waals surface area contributed by atoms with E-state index in [4.69, 9.17) is 4.74 Å². The Kier molecular flexibility index (Phi) is 12.2. The molecule has 0 saturated carbocycles. The van der Waals surface area contributed by atoms with Crippen molar-refractivity contribution in [2.45, 2.75) is 110 Å². The van der Waals surface area contributed by atoms with Gasteiger partial charge in [-0.15, -0.1) is 0 Å². The van der Waals surface area contributed by atoms with Crippen LogP contribution in [0, 0.1) is 11.8 Å². The van der Waals surface area contributed by atoms with E-state index in [-0.39, 0.29) is 54.1 Å². The van der Waals surface area contributed by atoms with E-state index in [9.17, 15) is 14.4 Å². The number of likely N-dealkylation sites (N-methyl/N-ethyl adjacent to an activating group) is 1. The maximum atomic E-state index is 13.5. The molecular weight excluding hydrogens is 454 g/mol. The van der Waals surface area contributed by atoms with Crippen LogP contribution in [-0.4, -0.2) is 72.5 Å². The zero-order chi connectivity index (χ0) is 26.8. The van der Waals surface area contributed by atoms with Crippen LogP contribution < -0.4 is 5.32 Å². The third-order valence-electron chi connectivity index (χ3n) is 7.68. The molecule has 0 aromatic carbocycles. The van der Waals surface area contributed by atoms with E-state index < -0.39 is 6.10 Å². The highest BCUT2D eigenvalue weighted by Gasteiger charge is 2.36. The van der Waals surface area contributed by atoms with Crippen molar-refractivity contribution in [2.24, 2.45) is 11.8 Å². The lowest BCUT2D eigenvalue weighted by atomic mass is 9.94. The minimum absolute atomic E-state index is 0.0213. The molecule has 0 bridgehead atoms. The minimum atomic E-state index is -0.465. The second-order valence-corrected chi connectivity index (χ2v) is 11.0. The number of amides is 3. The normalized spacial score (nSPS) is 22.2. The first kappa shape index (κ1) is 30.1. The highest BCUT2D eigenvalue weighted by Crippen LogP contribution is 2.27. The summed E-state index contributed by atoms with van der Waals surface area (Å²) in [6.07, 6.45) is 10.6. The van der Waals surface area contributed by atoms with Crippen molar-refractivity contribution < 1.29 is 19.1 Å². The molecule has 1 unspecified atom stereocenters. The van der Waals surface area contributed by atoms with Crippen LogP contribution in [0.25, 0.3) is 0 Å². The van der Waals surface area contributed by atoms with Crippen LogP contribution in [0.3, 0.4) is 0 Å². The fourth-order valence-corrected chi connectivity index (χ4v) is 5.45. The summed E-state index contributed by atoms with van der Waals surface area (Å²) in [6, 6.07) is -0.0895. The topological polar surface area (TPSA) is 79.0 Å². The first-order chi connectivity index (χ1) is 17.1. The monoisotopic (exact) mass is 503 g/mol. The fourth-order valence-electron chi connectivity index (χ4n) is 5.45. The summed E-state index contributed by atoms with van der Waals surface area (Å²) in [5.41, 5.74) is 0.884. The number of likely N-dealkylation sites (tertiary alicyclic amines) is 1. The van der Waals surface area contributed by atoms with Gasteiger partial charge in [-0.3, -0.25) is 14.4 Å². The Hall–Kier alpha value is -2.15. The minimum Gasteiger partial charge on any atom is -0.378 e. The van der Waals surface area contributed by atoms with Crippen molar-refractivity contribution >= 4 is 17.7 Å². The van der Waals surface area contributed by atoms with Crippen molar-refractivity contribution in [3.8, 4) is 0 Å². The molecule has 1 N–H and O–H groups in total. The van der Waals surface area contributed by atoms with Gasteiger partial charge in [-0.25, -0.2) is 0 Å². The summed E-state index contributed by atoms with van der Waals surface area (Å²) in [6.45, 7) is 12.9. The number of nitrogens with one attached hydrogen (secondary N) is 1. The van der Waals surface area contributed by atoms with Gasteiger partial charge in [-0.05, 0) is 50.9 Å². The van der Waals surface area contributed by atoms with Gasteiger partial charge in [-0.1, -0.05) is 52.0 Å². The number of hydrogen-bond acceptors (Lipinski definition) is 4. The summed E-state index contributed by atoms with van der Waals surface area (Å²) in [5, 5.41) is 3.19. The quantitative estimate of drug-likeness (QED) is 0.376. The van der Waals surface area contributed by atoms with Gasteiger partial charge in [-0.2, -0.15) is 0 Å². The van der Waals surface area contributed by atoms with Crippen LogP contribution in [0.1, 0.15) is 85.5 Å². The summed E-state index contributed by atoms with van der Waals surface area (Å²) in [7, 11) is 3.39. The fraction of sp³-hybridized carbons (Fsp3) is 0.759. The summed E-state index contributed by atoms with van der Waals surface area (Å²) >= 11 is 0. The Morgan fingerprint density at radius 1 is 1.17 bits per heavy atom. The van der Waals surface area contributed by atoms with Crippen LogP contribution in [0.4, 0.5) is 0 Å². The summed E-state index contributed by atoms with van der Waals surface area (Å²) in [5.74, 6) is 0.227. The Morgan fingerprint density at radius 3 is 2.47 bits per heavy atom. The molecule has 1 saturated heterocycles. The SMILES string of the molecule is C=C(CC)[C@@H]([C@@H](CC(=O)N1CCC[C@H]1C[C@@H](C)C(=O)NC1CC=CCC1)OC)N(C)C(=O)CC(C)C. The molecule has 3 amide bonds. The molecule has 1 aliphatic heterocycles. The van der Waals surface area contributed by atoms with Gasteiger partial charge in [0.25, 0.3) is 0 Å². The molecule has 1 aliphatic carbocycles. The maximum absolute atomic E-state index is 13.5. The average Bonchev–Trinajstić information content (AvgIpc) is 3.31. The van der Waals surface area contributed by atoms with Crippen molar-refractivity contribution in [3.05, 3.63) is 24.3 Å². The number of ether oxygens (including phenoxy) is 1. The third kappa shape index (κ3) is 8.46. The lowest BCUT2D eigenvalue weighted by molar-refractivity contribution is -0.140. The molecule has 7 heteroatoms. The molecular formula is C29H49N3O4. The Bertz CT molecular complexity index is 793. The van der Waals surface area contributed by atoms with Gasteiger partial charge < -0.3 is 19.9 Å². The van der Waals surface area contributed by atoms with Crippen molar-refractivity contribution in [1.29, 1.82) is 0 Å². The summed E-state index contributed by atoms with van der Waals surface area (Å²) < 4.78 is 5.81. The summed E-state index contributed by atoms with van der Waals surface area (Å²) in [4.78, 5) is 42.8. The number of hydrogen-bond donors (Lipinski definition) is 1. The highest BCUT2D eigenvalue weighted by atomic mass is 16.5. The zero-order valence-corrected chi connectivity index (χ0v) is 23.4. The van der Waals surface area contributed by atoms with E-state index in [0.29, 0.717) is 25.8 Å². The molecule has 2 aliphatic rings. The van der Waals surface area contributed by atoms with Gasteiger partial charge in [0.05, 0.1) is 18.6 Å². The van der Waals surface area contributed by atoms with E-state index >= 15 is 0 Å². The number of allylic oxidation sites excluding steroid dienone is 1. The van der Waals surface area contributed by atoms with Crippen molar-refractivity contribution in [2.75, 3.05) is 20.7 Å². The molecule has 1 heterocycles. The molecule has 2 rings (SSSR count). The highest BCUT2D eigenvalue weighted by molar-refractivity contribution is 5.80. The van der Waals surface area contributed by atoms with Gasteiger partial charge in [0.2, 0.25) is 17.7 Å². The smallest absolute Gasteiger partial charge is 0.225 e.